The molecule has 1 aliphatic rings. The predicted octanol–water partition coefficient (Wildman–Crippen LogP) is 7.55. The Bertz CT molecular complexity index is 1290. The van der Waals surface area contributed by atoms with Crippen LogP contribution in [0.25, 0.3) is 0 Å². The number of esters is 2. The summed E-state index contributed by atoms with van der Waals surface area (Å²) in [6.45, 7) is 3.07. The molecule has 0 aromatic carbocycles. The second-order valence-corrected chi connectivity index (χ2v) is 15.9. The molecule has 0 aromatic rings. The van der Waals surface area contributed by atoms with Crippen LogP contribution in [0, 0.1) is 0 Å². The van der Waals surface area contributed by atoms with Crippen LogP contribution in [-0.2, 0) is 32.7 Å². The molecule has 1 saturated carbocycles. The van der Waals surface area contributed by atoms with Gasteiger partial charge in [-0.1, -0.05) is 119 Å². The van der Waals surface area contributed by atoms with Crippen molar-refractivity contribution in [2.45, 2.75) is 179 Å². The number of hydrogen-bond acceptors (Lipinski definition) is 12. The summed E-state index contributed by atoms with van der Waals surface area (Å²) in [5.41, 5.74) is 0. The minimum atomic E-state index is -5.13. The number of phosphoric acid groups is 1. The highest BCUT2D eigenvalue weighted by atomic mass is 31.2. The van der Waals surface area contributed by atoms with Gasteiger partial charge in [0.15, 0.2) is 6.10 Å². The van der Waals surface area contributed by atoms with E-state index in [0.717, 1.165) is 77.0 Å². The van der Waals surface area contributed by atoms with Crippen molar-refractivity contribution >= 4 is 19.8 Å². The van der Waals surface area contributed by atoms with Crippen LogP contribution < -0.4 is 0 Å². The van der Waals surface area contributed by atoms with Gasteiger partial charge in [-0.25, -0.2) is 4.57 Å². The van der Waals surface area contributed by atoms with Crippen molar-refractivity contribution in [1.29, 1.82) is 0 Å². The summed E-state index contributed by atoms with van der Waals surface area (Å²) in [4.78, 5) is 35.6. The van der Waals surface area contributed by atoms with Gasteiger partial charge in [0, 0.05) is 12.8 Å². The molecule has 1 rings (SSSR count). The number of unbranched alkanes of at least 4 members (excludes halogenated alkanes) is 9. The zero-order chi connectivity index (χ0) is 42.9. The summed E-state index contributed by atoms with van der Waals surface area (Å²) in [5.74, 6) is -1.17. The lowest BCUT2D eigenvalue weighted by molar-refractivity contribution is -0.220. The summed E-state index contributed by atoms with van der Waals surface area (Å²) in [6, 6.07) is 0. The van der Waals surface area contributed by atoms with Gasteiger partial charge in [0.2, 0.25) is 0 Å². The van der Waals surface area contributed by atoms with Crippen LogP contribution in [0.3, 0.4) is 0 Å². The van der Waals surface area contributed by atoms with Crippen LogP contribution in [0.15, 0.2) is 72.9 Å². The van der Waals surface area contributed by atoms with Gasteiger partial charge >= 0.3 is 19.8 Å². The molecule has 58 heavy (non-hydrogen) atoms. The van der Waals surface area contributed by atoms with Crippen molar-refractivity contribution in [3.8, 4) is 0 Å². The molecule has 0 radical (unpaired) electrons. The van der Waals surface area contributed by atoms with E-state index in [0.29, 0.717) is 19.3 Å². The van der Waals surface area contributed by atoms with E-state index in [1.54, 1.807) is 0 Å². The molecule has 14 heteroatoms. The molecule has 8 atom stereocenters. The maximum Gasteiger partial charge on any atom is 0.472 e. The molecule has 0 amide bonds. The fraction of sp³-hybridized carbons (Fsp3) is 0.682. The normalized spacial score (nSPS) is 23.2. The van der Waals surface area contributed by atoms with Crippen LogP contribution in [-0.4, -0.2) is 98.3 Å². The fourth-order valence-electron chi connectivity index (χ4n) is 5.82. The van der Waals surface area contributed by atoms with Crippen molar-refractivity contribution in [2.75, 3.05) is 13.2 Å². The first kappa shape index (κ1) is 53.3. The van der Waals surface area contributed by atoms with Gasteiger partial charge in [-0.2, -0.15) is 0 Å². The molecule has 6 N–H and O–H groups in total. The molecule has 0 saturated heterocycles. The van der Waals surface area contributed by atoms with Crippen LogP contribution >= 0.6 is 7.82 Å². The number of hydrogen-bond donors (Lipinski definition) is 6. The van der Waals surface area contributed by atoms with Crippen molar-refractivity contribution in [3.63, 3.8) is 0 Å². The number of allylic oxidation sites excluding steroid dienone is 12. The Morgan fingerprint density at radius 3 is 1.53 bits per heavy atom. The van der Waals surface area contributed by atoms with E-state index in [-0.39, 0.29) is 12.8 Å². The van der Waals surface area contributed by atoms with Crippen molar-refractivity contribution < 1.29 is 63.1 Å². The SMILES string of the molecule is CC/C=C\C/C=C\C/C=C\C/C=C\CCCCC(=O)O[C@H](COC(=O)CCCCCCC/C=C\C/C=C\CCCC)COP(=O)(O)OC1C(O)C(O)C(O)[C@@H](O)C1O. The van der Waals surface area contributed by atoms with Crippen molar-refractivity contribution in [2.24, 2.45) is 0 Å². The number of rotatable bonds is 33. The average Bonchev–Trinajstić information content (AvgIpc) is 3.20. The summed E-state index contributed by atoms with van der Waals surface area (Å²) in [5, 5.41) is 50.0. The smallest absolute Gasteiger partial charge is 0.462 e. The third-order valence-electron chi connectivity index (χ3n) is 9.28. The van der Waals surface area contributed by atoms with E-state index in [1.165, 1.54) is 12.8 Å². The summed E-state index contributed by atoms with van der Waals surface area (Å²) >= 11 is 0. The van der Waals surface area contributed by atoms with E-state index in [4.69, 9.17) is 18.5 Å². The Kier molecular flexibility index (Phi) is 31.3. The summed E-state index contributed by atoms with van der Waals surface area (Å²) in [6.07, 6.45) is 28.2. The topological polar surface area (TPSA) is 210 Å². The van der Waals surface area contributed by atoms with Gasteiger partial charge in [0.05, 0.1) is 6.61 Å². The summed E-state index contributed by atoms with van der Waals surface area (Å²) in [7, 11) is -5.13. The lowest BCUT2D eigenvalue weighted by Crippen LogP contribution is -2.64. The second kappa shape index (κ2) is 34.0. The van der Waals surface area contributed by atoms with E-state index in [2.05, 4.69) is 80.7 Å². The molecule has 13 nitrogen and oxygen atoms in total. The molecule has 1 fully saturated rings. The Hall–Kier alpha value is -2.71. The van der Waals surface area contributed by atoms with Gasteiger partial charge in [-0.15, -0.1) is 0 Å². The molecule has 0 bridgehead atoms. The molecule has 332 valence electrons. The van der Waals surface area contributed by atoms with Gasteiger partial charge in [-0.05, 0) is 77.0 Å². The first-order valence-corrected chi connectivity index (χ1v) is 22.7. The monoisotopic (exact) mass is 840 g/mol. The van der Waals surface area contributed by atoms with Crippen molar-refractivity contribution in [3.05, 3.63) is 72.9 Å². The Balaban J connectivity index is 2.55. The first-order valence-electron chi connectivity index (χ1n) is 21.2. The van der Waals surface area contributed by atoms with E-state index in [1.807, 2.05) is 6.08 Å². The highest BCUT2D eigenvalue weighted by Gasteiger charge is 2.51. The number of phosphoric ester groups is 1. The highest BCUT2D eigenvalue weighted by molar-refractivity contribution is 7.47. The quantitative estimate of drug-likeness (QED) is 0.0163. The third kappa shape index (κ3) is 26.4. The molecule has 0 spiro atoms. The minimum Gasteiger partial charge on any atom is -0.462 e. The van der Waals surface area contributed by atoms with Gasteiger partial charge in [-0.3, -0.25) is 18.6 Å². The molecule has 1 aliphatic carbocycles. The summed E-state index contributed by atoms with van der Waals surface area (Å²) < 4.78 is 33.4. The number of ether oxygens (including phenoxy) is 2. The minimum absolute atomic E-state index is 0.0374. The molecule has 6 unspecified atom stereocenters. The Morgan fingerprint density at radius 2 is 0.983 bits per heavy atom. The molecule has 0 aliphatic heterocycles. The van der Waals surface area contributed by atoms with Crippen LogP contribution in [0.5, 0.6) is 0 Å². The number of aliphatic hydroxyl groups excluding tert-OH is 5. The lowest BCUT2D eigenvalue weighted by Gasteiger charge is -2.41. The maximum absolute atomic E-state index is 12.8. The largest absolute Gasteiger partial charge is 0.472 e. The standard InChI is InChI=1S/C44H73O13P/c1-3-5-7-9-11-13-15-17-19-21-23-25-27-29-31-33-38(46)56-36(35-55-58(52,53)57-44-42(50)40(48)39(47)41(49)43(44)51)34-54-37(45)32-30-28-26-24-22-20-18-16-14-12-10-8-6-4-2/h5,7,10-13,16-19,23,25,36,39-44,47-51H,3-4,6,8-9,14-15,20-22,24,26-35H2,1-2H3,(H,52,53)/b7-5-,12-10-,13-11-,18-16-,19-17-,25-23-/t36-,39?,40-,41?,42?,43?,44?/m1/s1. The van der Waals surface area contributed by atoms with E-state index < -0.39 is 75.7 Å². The second-order valence-electron chi connectivity index (χ2n) is 14.5. The third-order valence-corrected chi connectivity index (χ3v) is 10.3. The number of aliphatic hydroxyl groups is 5. The molecular weight excluding hydrogens is 767 g/mol. The van der Waals surface area contributed by atoms with Gasteiger partial charge in [0.25, 0.3) is 0 Å². The molecular formula is C44H73O13P. The van der Waals surface area contributed by atoms with Crippen LogP contribution in [0.1, 0.15) is 136 Å². The fourth-order valence-corrected chi connectivity index (χ4v) is 6.79. The van der Waals surface area contributed by atoms with E-state index in [9.17, 15) is 44.6 Å². The lowest BCUT2D eigenvalue weighted by atomic mass is 9.85. The Labute approximate surface area is 346 Å². The molecule has 0 heterocycles. The Morgan fingerprint density at radius 1 is 0.552 bits per heavy atom. The first-order chi connectivity index (χ1) is 27.9. The average molecular weight is 841 g/mol. The zero-order valence-corrected chi connectivity index (χ0v) is 35.7. The number of carbonyl (C=O) groups is 2. The van der Waals surface area contributed by atoms with Crippen LogP contribution in [0.2, 0.25) is 0 Å². The number of carbonyl (C=O) groups excluding carboxylic acids is 2. The maximum atomic E-state index is 12.8. The molecule has 0 aromatic heterocycles. The predicted molar refractivity (Wildman–Crippen MR) is 225 cm³/mol. The van der Waals surface area contributed by atoms with Crippen molar-refractivity contribution in [1.82, 2.24) is 0 Å². The van der Waals surface area contributed by atoms with Crippen LogP contribution in [0.4, 0.5) is 0 Å². The highest BCUT2D eigenvalue weighted by Crippen LogP contribution is 2.47. The van der Waals surface area contributed by atoms with Gasteiger partial charge < -0.3 is 39.9 Å². The zero-order valence-electron chi connectivity index (χ0n) is 34.8. The van der Waals surface area contributed by atoms with Gasteiger partial charge in [0.1, 0.15) is 43.2 Å². The van der Waals surface area contributed by atoms with E-state index >= 15 is 0 Å².